The van der Waals surface area contributed by atoms with E-state index in [0.717, 1.165) is 50.1 Å². The summed E-state index contributed by atoms with van der Waals surface area (Å²) in [4.78, 5) is 7.21. The molecule has 0 saturated carbocycles. The van der Waals surface area contributed by atoms with Crippen LogP contribution in [-0.2, 0) is 13.0 Å². The first-order valence-electron chi connectivity index (χ1n) is 10.9. The van der Waals surface area contributed by atoms with Gasteiger partial charge in [-0.3, -0.25) is 0 Å². The third-order valence-corrected chi connectivity index (χ3v) is 6.17. The van der Waals surface area contributed by atoms with Gasteiger partial charge in [0.25, 0.3) is 0 Å². The number of thioether (sulfide) groups is 1. The van der Waals surface area contributed by atoms with E-state index >= 15 is 0 Å². The highest BCUT2D eigenvalue weighted by atomic mass is 32.2. The number of hydrogen-bond acceptors (Lipinski definition) is 5. The lowest BCUT2D eigenvalue weighted by Crippen LogP contribution is -2.38. The molecule has 1 heterocycles. The average molecular weight is 443 g/mol. The van der Waals surface area contributed by atoms with Crippen LogP contribution in [0.5, 0.6) is 11.5 Å². The summed E-state index contributed by atoms with van der Waals surface area (Å²) in [5, 5.41) is 6.75. The van der Waals surface area contributed by atoms with Crippen molar-refractivity contribution in [3.8, 4) is 11.5 Å². The summed E-state index contributed by atoms with van der Waals surface area (Å²) in [6.07, 6.45) is 0.869. The van der Waals surface area contributed by atoms with Gasteiger partial charge in [-0.05, 0) is 48.7 Å². The maximum atomic E-state index is 5.39. The van der Waals surface area contributed by atoms with Crippen LogP contribution in [0.3, 0.4) is 0 Å². The fraction of sp³-hybridized carbons (Fsp3) is 0.458. The molecule has 2 N–H and O–H groups in total. The van der Waals surface area contributed by atoms with Crippen molar-refractivity contribution in [2.75, 3.05) is 56.8 Å². The van der Waals surface area contributed by atoms with Crippen LogP contribution in [0.1, 0.15) is 18.1 Å². The third-order valence-electron chi connectivity index (χ3n) is 5.23. The van der Waals surface area contributed by atoms with E-state index in [1.165, 1.54) is 28.3 Å². The SMILES string of the molecule is CCNC(=NCc1ccc(N2CCSCC2)cc1)NCCc1ccc(OC)c(OC)c1. The summed E-state index contributed by atoms with van der Waals surface area (Å²) in [6.45, 7) is 6.62. The highest BCUT2D eigenvalue weighted by Gasteiger charge is 2.10. The fourth-order valence-corrected chi connectivity index (χ4v) is 4.41. The molecular formula is C24H34N4O2S. The first kappa shape index (κ1) is 23.1. The Morgan fingerprint density at radius 2 is 1.68 bits per heavy atom. The predicted octanol–water partition coefficient (Wildman–Crippen LogP) is 3.55. The van der Waals surface area contributed by atoms with Gasteiger partial charge in [-0.25, -0.2) is 4.99 Å². The van der Waals surface area contributed by atoms with Gasteiger partial charge in [-0.2, -0.15) is 11.8 Å². The standard InChI is InChI=1S/C24H34N4O2S/c1-4-25-24(26-12-11-19-7-10-22(29-2)23(17-19)30-3)27-18-20-5-8-21(9-6-20)28-13-15-31-16-14-28/h5-10,17H,4,11-16,18H2,1-3H3,(H2,25,26,27). The number of benzene rings is 2. The van der Waals surface area contributed by atoms with Crippen molar-refractivity contribution in [3.63, 3.8) is 0 Å². The first-order valence-corrected chi connectivity index (χ1v) is 12.0. The number of methoxy groups -OCH3 is 2. The lowest BCUT2D eigenvalue weighted by atomic mass is 10.1. The smallest absolute Gasteiger partial charge is 0.191 e. The van der Waals surface area contributed by atoms with E-state index in [0.29, 0.717) is 6.54 Å². The van der Waals surface area contributed by atoms with Crippen molar-refractivity contribution < 1.29 is 9.47 Å². The molecule has 0 aliphatic carbocycles. The Balaban J connectivity index is 1.52. The maximum absolute atomic E-state index is 5.39. The Morgan fingerprint density at radius 1 is 0.968 bits per heavy atom. The summed E-state index contributed by atoms with van der Waals surface area (Å²) >= 11 is 2.04. The van der Waals surface area contributed by atoms with Gasteiger partial charge >= 0.3 is 0 Å². The molecule has 1 aliphatic rings. The third kappa shape index (κ3) is 6.99. The van der Waals surface area contributed by atoms with E-state index in [2.05, 4.69) is 52.8 Å². The van der Waals surface area contributed by atoms with Gasteiger partial charge in [-0.1, -0.05) is 18.2 Å². The molecule has 168 valence electrons. The number of nitrogens with one attached hydrogen (secondary N) is 2. The predicted molar refractivity (Wildman–Crippen MR) is 132 cm³/mol. The Bertz CT molecular complexity index is 836. The van der Waals surface area contributed by atoms with Crippen molar-refractivity contribution >= 4 is 23.4 Å². The van der Waals surface area contributed by atoms with Gasteiger partial charge < -0.3 is 25.0 Å². The van der Waals surface area contributed by atoms with Crippen LogP contribution in [0, 0.1) is 0 Å². The minimum atomic E-state index is 0.655. The van der Waals surface area contributed by atoms with Crippen molar-refractivity contribution in [2.45, 2.75) is 19.9 Å². The molecule has 0 unspecified atom stereocenters. The van der Waals surface area contributed by atoms with Crippen LogP contribution in [0.25, 0.3) is 0 Å². The molecule has 0 amide bonds. The van der Waals surface area contributed by atoms with Gasteiger partial charge in [0.2, 0.25) is 0 Å². The van der Waals surface area contributed by atoms with Gasteiger partial charge in [0, 0.05) is 43.4 Å². The number of hydrogen-bond donors (Lipinski definition) is 2. The molecule has 1 fully saturated rings. The monoisotopic (exact) mass is 442 g/mol. The summed E-state index contributed by atoms with van der Waals surface area (Å²) in [6, 6.07) is 14.8. The molecule has 1 aliphatic heterocycles. The van der Waals surface area contributed by atoms with Crippen molar-refractivity contribution in [1.29, 1.82) is 0 Å². The molecule has 1 saturated heterocycles. The molecule has 7 heteroatoms. The highest BCUT2D eigenvalue weighted by Crippen LogP contribution is 2.27. The molecule has 31 heavy (non-hydrogen) atoms. The van der Waals surface area contributed by atoms with Crippen molar-refractivity contribution in [3.05, 3.63) is 53.6 Å². The lowest BCUT2D eigenvalue weighted by Gasteiger charge is -2.28. The fourth-order valence-electron chi connectivity index (χ4n) is 3.51. The van der Waals surface area contributed by atoms with E-state index in [9.17, 15) is 0 Å². The van der Waals surface area contributed by atoms with E-state index in [1.54, 1.807) is 14.2 Å². The lowest BCUT2D eigenvalue weighted by molar-refractivity contribution is 0.354. The summed E-state index contributed by atoms with van der Waals surface area (Å²) in [5.41, 5.74) is 3.72. The second-order valence-electron chi connectivity index (χ2n) is 7.33. The summed E-state index contributed by atoms with van der Waals surface area (Å²) < 4.78 is 10.7. The summed E-state index contributed by atoms with van der Waals surface area (Å²) in [7, 11) is 3.31. The van der Waals surface area contributed by atoms with E-state index in [-0.39, 0.29) is 0 Å². The van der Waals surface area contributed by atoms with E-state index < -0.39 is 0 Å². The van der Waals surface area contributed by atoms with E-state index in [1.807, 2.05) is 23.9 Å². The minimum absolute atomic E-state index is 0.655. The number of ether oxygens (including phenoxy) is 2. The average Bonchev–Trinajstić information content (AvgIpc) is 2.83. The Morgan fingerprint density at radius 3 is 2.35 bits per heavy atom. The second-order valence-corrected chi connectivity index (χ2v) is 8.55. The zero-order valence-corrected chi connectivity index (χ0v) is 19.6. The van der Waals surface area contributed by atoms with Crippen LogP contribution in [0.15, 0.2) is 47.5 Å². The van der Waals surface area contributed by atoms with Crippen molar-refractivity contribution in [1.82, 2.24) is 10.6 Å². The zero-order valence-electron chi connectivity index (χ0n) is 18.8. The minimum Gasteiger partial charge on any atom is -0.493 e. The number of rotatable bonds is 9. The number of aliphatic imine (C=N–C) groups is 1. The molecule has 0 atom stereocenters. The zero-order chi connectivity index (χ0) is 21.9. The molecular weight excluding hydrogens is 408 g/mol. The molecule has 0 aromatic heterocycles. The van der Waals surface area contributed by atoms with Crippen molar-refractivity contribution in [2.24, 2.45) is 4.99 Å². The Labute approximate surface area is 190 Å². The quantitative estimate of drug-likeness (QED) is 0.458. The van der Waals surface area contributed by atoms with Gasteiger partial charge in [-0.15, -0.1) is 0 Å². The largest absolute Gasteiger partial charge is 0.493 e. The van der Waals surface area contributed by atoms with Crippen LogP contribution in [0.4, 0.5) is 5.69 Å². The Kier molecular flexibility index (Phi) is 9.21. The number of anilines is 1. The van der Waals surface area contributed by atoms with Gasteiger partial charge in [0.1, 0.15) is 0 Å². The van der Waals surface area contributed by atoms with Crippen LogP contribution < -0.4 is 25.0 Å². The van der Waals surface area contributed by atoms with E-state index in [4.69, 9.17) is 14.5 Å². The molecule has 2 aromatic carbocycles. The Hall–Kier alpha value is -2.54. The van der Waals surface area contributed by atoms with Crippen LogP contribution in [-0.4, -0.2) is 57.9 Å². The molecule has 0 bridgehead atoms. The van der Waals surface area contributed by atoms with Gasteiger partial charge in [0.15, 0.2) is 17.5 Å². The molecule has 2 aromatic rings. The normalized spacial score (nSPS) is 14.3. The second kappa shape index (κ2) is 12.3. The maximum Gasteiger partial charge on any atom is 0.191 e. The molecule has 0 radical (unpaired) electrons. The molecule has 6 nitrogen and oxygen atoms in total. The topological polar surface area (TPSA) is 58.1 Å². The van der Waals surface area contributed by atoms with Crippen LogP contribution >= 0.6 is 11.8 Å². The number of guanidine groups is 1. The highest BCUT2D eigenvalue weighted by molar-refractivity contribution is 7.99. The molecule has 0 spiro atoms. The van der Waals surface area contributed by atoms with Crippen LogP contribution in [0.2, 0.25) is 0 Å². The first-order chi connectivity index (χ1) is 15.2. The molecule has 3 rings (SSSR count). The van der Waals surface area contributed by atoms with Gasteiger partial charge in [0.05, 0.1) is 20.8 Å². The number of nitrogens with zero attached hydrogens (tertiary/aromatic N) is 2. The summed E-state index contributed by atoms with van der Waals surface area (Å²) in [5.74, 6) is 4.77.